The van der Waals surface area contributed by atoms with Gasteiger partial charge in [-0.3, -0.25) is 0 Å². The van der Waals surface area contributed by atoms with Crippen molar-refractivity contribution in [2.75, 3.05) is 7.05 Å². The third kappa shape index (κ3) is 2.85. The van der Waals surface area contributed by atoms with E-state index in [2.05, 4.69) is 10.3 Å². The summed E-state index contributed by atoms with van der Waals surface area (Å²) in [5, 5.41) is 3.01. The van der Waals surface area contributed by atoms with Crippen LogP contribution in [0, 0.1) is 0 Å². The fourth-order valence-electron chi connectivity index (χ4n) is 2.85. The largest absolute Gasteiger partial charge is 0.363 e. The van der Waals surface area contributed by atoms with Crippen molar-refractivity contribution in [1.82, 2.24) is 14.6 Å². The molecule has 2 N–H and O–H groups in total. The first kappa shape index (κ1) is 14.6. The van der Waals surface area contributed by atoms with Gasteiger partial charge in [0.1, 0.15) is 0 Å². The average molecular weight is 285 g/mol. The SMILES string of the molecule is CNCc1cc(S(=O)(=O)N2C(C)CCCC2C)c[nH]1. The van der Waals surface area contributed by atoms with Crippen LogP contribution in [0.25, 0.3) is 0 Å². The Morgan fingerprint density at radius 1 is 1.37 bits per heavy atom. The Morgan fingerprint density at radius 2 is 2.00 bits per heavy atom. The first-order valence-corrected chi connectivity index (χ1v) is 8.26. The van der Waals surface area contributed by atoms with Gasteiger partial charge in [0.2, 0.25) is 10.0 Å². The number of aromatic amines is 1. The molecule has 0 bridgehead atoms. The minimum Gasteiger partial charge on any atom is -0.363 e. The number of rotatable bonds is 4. The molecule has 0 amide bonds. The molecule has 1 aromatic rings. The lowest BCUT2D eigenvalue weighted by molar-refractivity contribution is 0.204. The highest BCUT2D eigenvalue weighted by atomic mass is 32.2. The molecule has 1 fully saturated rings. The van der Waals surface area contributed by atoms with Gasteiger partial charge < -0.3 is 10.3 Å². The van der Waals surface area contributed by atoms with Crippen LogP contribution in [0.15, 0.2) is 17.2 Å². The zero-order valence-corrected chi connectivity index (χ0v) is 12.6. The highest BCUT2D eigenvalue weighted by Crippen LogP contribution is 2.29. The number of nitrogens with zero attached hydrogens (tertiary/aromatic N) is 1. The maximum atomic E-state index is 12.7. The summed E-state index contributed by atoms with van der Waals surface area (Å²) in [7, 11) is -1.55. The third-order valence-corrected chi connectivity index (χ3v) is 5.88. The standard InChI is InChI=1S/C13H23N3O2S/c1-10-5-4-6-11(2)16(10)19(17,18)13-7-12(8-14-3)15-9-13/h7,9-11,14-15H,4-6,8H2,1-3H3. The van der Waals surface area contributed by atoms with E-state index in [0.29, 0.717) is 11.4 Å². The number of piperidine rings is 1. The van der Waals surface area contributed by atoms with E-state index >= 15 is 0 Å². The minimum atomic E-state index is -3.38. The molecule has 2 atom stereocenters. The molecule has 19 heavy (non-hydrogen) atoms. The molecule has 0 saturated carbocycles. The monoisotopic (exact) mass is 285 g/mol. The highest BCUT2D eigenvalue weighted by Gasteiger charge is 2.35. The van der Waals surface area contributed by atoms with Gasteiger partial charge in [-0.2, -0.15) is 4.31 Å². The maximum absolute atomic E-state index is 12.7. The van der Waals surface area contributed by atoms with Crippen molar-refractivity contribution in [2.24, 2.45) is 0 Å². The van der Waals surface area contributed by atoms with Crippen molar-refractivity contribution >= 4 is 10.0 Å². The van der Waals surface area contributed by atoms with E-state index in [9.17, 15) is 8.42 Å². The van der Waals surface area contributed by atoms with Crippen molar-refractivity contribution < 1.29 is 8.42 Å². The fraction of sp³-hybridized carbons (Fsp3) is 0.692. The zero-order chi connectivity index (χ0) is 14.0. The molecule has 1 aliphatic heterocycles. The van der Waals surface area contributed by atoms with Gasteiger partial charge in [-0.1, -0.05) is 6.42 Å². The van der Waals surface area contributed by atoms with E-state index in [-0.39, 0.29) is 12.1 Å². The van der Waals surface area contributed by atoms with E-state index in [1.54, 1.807) is 16.6 Å². The quantitative estimate of drug-likeness (QED) is 0.884. The Labute approximate surface area is 115 Å². The van der Waals surface area contributed by atoms with Gasteiger partial charge >= 0.3 is 0 Å². The Morgan fingerprint density at radius 3 is 2.58 bits per heavy atom. The van der Waals surface area contributed by atoms with Crippen LogP contribution in [0.2, 0.25) is 0 Å². The molecule has 0 aliphatic carbocycles. The minimum absolute atomic E-state index is 0.0800. The van der Waals surface area contributed by atoms with Crippen molar-refractivity contribution in [3.8, 4) is 0 Å². The first-order valence-electron chi connectivity index (χ1n) is 6.82. The Bertz CT molecular complexity index is 514. The van der Waals surface area contributed by atoms with Gasteiger partial charge in [-0.15, -0.1) is 0 Å². The van der Waals surface area contributed by atoms with Crippen molar-refractivity contribution in [3.63, 3.8) is 0 Å². The molecule has 0 radical (unpaired) electrons. The molecule has 0 spiro atoms. The smallest absolute Gasteiger partial charge is 0.245 e. The van der Waals surface area contributed by atoms with Crippen molar-refractivity contribution in [2.45, 2.75) is 56.6 Å². The number of nitrogens with one attached hydrogen (secondary N) is 2. The summed E-state index contributed by atoms with van der Waals surface area (Å²) in [4.78, 5) is 3.39. The summed E-state index contributed by atoms with van der Waals surface area (Å²) < 4.78 is 27.1. The van der Waals surface area contributed by atoms with Gasteiger partial charge in [0.15, 0.2) is 0 Å². The van der Waals surface area contributed by atoms with E-state index in [4.69, 9.17) is 0 Å². The Balaban J connectivity index is 2.29. The Hall–Kier alpha value is -0.850. The number of hydrogen-bond donors (Lipinski definition) is 2. The lowest BCUT2D eigenvalue weighted by atomic mass is 10.0. The first-order chi connectivity index (χ1) is 8.96. The average Bonchev–Trinajstić information content (AvgIpc) is 2.78. The number of aromatic nitrogens is 1. The molecule has 0 aromatic carbocycles. The predicted octanol–water partition coefficient (Wildman–Crippen LogP) is 1.69. The van der Waals surface area contributed by atoms with Crippen LogP contribution in [0.1, 0.15) is 38.8 Å². The van der Waals surface area contributed by atoms with Crippen LogP contribution in [0.4, 0.5) is 0 Å². The van der Waals surface area contributed by atoms with E-state index in [1.165, 1.54) is 0 Å². The lowest BCUT2D eigenvalue weighted by Gasteiger charge is -2.37. The molecule has 1 saturated heterocycles. The molecule has 2 unspecified atom stereocenters. The van der Waals surface area contributed by atoms with Crippen molar-refractivity contribution in [1.29, 1.82) is 0 Å². The second-order valence-electron chi connectivity index (χ2n) is 5.35. The molecule has 6 heteroatoms. The fourth-order valence-corrected chi connectivity index (χ4v) is 4.75. The summed E-state index contributed by atoms with van der Waals surface area (Å²) in [5.74, 6) is 0. The summed E-state index contributed by atoms with van der Waals surface area (Å²) in [5.41, 5.74) is 0.887. The summed E-state index contributed by atoms with van der Waals surface area (Å²) >= 11 is 0. The maximum Gasteiger partial charge on any atom is 0.245 e. The van der Waals surface area contributed by atoms with Crippen molar-refractivity contribution in [3.05, 3.63) is 18.0 Å². The molecule has 2 rings (SSSR count). The molecular weight excluding hydrogens is 262 g/mol. The second kappa shape index (κ2) is 5.64. The second-order valence-corrected chi connectivity index (χ2v) is 7.20. The van der Waals surface area contributed by atoms with Crippen LogP contribution in [-0.4, -0.2) is 36.8 Å². The third-order valence-electron chi connectivity index (χ3n) is 3.77. The van der Waals surface area contributed by atoms with Gasteiger partial charge in [-0.05, 0) is 39.8 Å². The number of H-pyrrole nitrogens is 1. The number of hydrogen-bond acceptors (Lipinski definition) is 3. The molecule has 108 valence electrons. The summed E-state index contributed by atoms with van der Waals surface area (Å²) in [6.07, 6.45) is 4.58. The van der Waals surface area contributed by atoms with Crippen LogP contribution in [0.5, 0.6) is 0 Å². The van der Waals surface area contributed by atoms with E-state index < -0.39 is 10.0 Å². The van der Waals surface area contributed by atoms with E-state index in [0.717, 1.165) is 25.0 Å². The van der Waals surface area contributed by atoms with Gasteiger partial charge in [0, 0.05) is 30.5 Å². The predicted molar refractivity (Wildman–Crippen MR) is 75.4 cm³/mol. The van der Waals surface area contributed by atoms with Gasteiger partial charge in [0.05, 0.1) is 4.90 Å². The molecule has 1 aliphatic rings. The highest BCUT2D eigenvalue weighted by molar-refractivity contribution is 7.89. The Kier molecular flexibility index (Phi) is 4.32. The topological polar surface area (TPSA) is 65.2 Å². The molecule has 5 nitrogen and oxygen atoms in total. The normalized spacial score (nSPS) is 25.6. The van der Waals surface area contributed by atoms with Gasteiger partial charge in [0.25, 0.3) is 0 Å². The summed E-state index contributed by atoms with van der Waals surface area (Å²) in [6.45, 7) is 4.63. The van der Waals surface area contributed by atoms with Gasteiger partial charge in [-0.25, -0.2) is 8.42 Å². The van der Waals surface area contributed by atoms with Crippen LogP contribution < -0.4 is 5.32 Å². The number of sulfonamides is 1. The van der Waals surface area contributed by atoms with Crippen LogP contribution in [-0.2, 0) is 16.6 Å². The molecular formula is C13H23N3O2S. The zero-order valence-electron chi connectivity index (χ0n) is 11.8. The lowest BCUT2D eigenvalue weighted by Crippen LogP contribution is -2.47. The molecule has 2 heterocycles. The summed E-state index contributed by atoms with van der Waals surface area (Å²) in [6, 6.07) is 1.88. The van der Waals surface area contributed by atoms with Crippen LogP contribution in [0.3, 0.4) is 0 Å². The van der Waals surface area contributed by atoms with E-state index in [1.807, 2.05) is 20.9 Å². The van der Waals surface area contributed by atoms with Crippen LogP contribution >= 0.6 is 0 Å². The molecule has 1 aromatic heterocycles.